The van der Waals surface area contributed by atoms with E-state index >= 15 is 0 Å². The van der Waals surface area contributed by atoms with E-state index in [-0.39, 0.29) is 11.7 Å². The molecule has 0 fully saturated rings. The van der Waals surface area contributed by atoms with E-state index in [0.717, 1.165) is 0 Å². The van der Waals surface area contributed by atoms with Gasteiger partial charge in [0.25, 0.3) is 5.56 Å². The predicted molar refractivity (Wildman–Crippen MR) is 67.3 cm³/mol. The van der Waals surface area contributed by atoms with Gasteiger partial charge < -0.3 is 10.1 Å². The van der Waals surface area contributed by atoms with E-state index in [2.05, 4.69) is 15.3 Å². The highest BCUT2D eigenvalue weighted by molar-refractivity contribution is 5.78. The number of hydrogen-bond donors (Lipinski definition) is 2. The number of ether oxygens (including phenoxy) is 1. The summed E-state index contributed by atoms with van der Waals surface area (Å²) in [4.78, 5) is 18.8. The Morgan fingerprint density at radius 2 is 2.24 bits per heavy atom. The van der Waals surface area contributed by atoms with Gasteiger partial charge in [-0.1, -0.05) is 12.1 Å². The molecule has 2 N–H and O–H groups in total. The molecule has 0 aliphatic carbocycles. The minimum atomic E-state index is -0.136. The molecule has 0 spiro atoms. The van der Waals surface area contributed by atoms with E-state index in [1.165, 1.54) is 0 Å². The summed E-state index contributed by atoms with van der Waals surface area (Å²) < 4.78 is 5.11. The van der Waals surface area contributed by atoms with Gasteiger partial charge in [0.1, 0.15) is 0 Å². The highest BCUT2D eigenvalue weighted by Crippen LogP contribution is 2.07. The summed E-state index contributed by atoms with van der Waals surface area (Å²) in [5.74, 6) is 0.470. The van der Waals surface area contributed by atoms with Gasteiger partial charge in [0, 0.05) is 13.7 Å². The van der Waals surface area contributed by atoms with Crippen molar-refractivity contribution in [2.24, 2.45) is 0 Å². The van der Waals surface area contributed by atoms with Crippen LogP contribution in [0.1, 0.15) is 6.92 Å². The zero-order valence-electron chi connectivity index (χ0n) is 9.86. The molecular weight excluding hydrogens is 218 g/mol. The van der Waals surface area contributed by atoms with Crippen LogP contribution >= 0.6 is 0 Å². The number of rotatable bonds is 4. The van der Waals surface area contributed by atoms with E-state index in [1.807, 2.05) is 25.1 Å². The van der Waals surface area contributed by atoms with Crippen molar-refractivity contribution in [3.63, 3.8) is 0 Å². The summed E-state index contributed by atoms with van der Waals surface area (Å²) in [6, 6.07) is 7.24. The van der Waals surface area contributed by atoms with Crippen LogP contribution in [-0.2, 0) is 4.74 Å². The van der Waals surface area contributed by atoms with Gasteiger partial charge >= 0.3 is 0 Å². The molecular formula is C12H15N3O2. The normalized spacial score (nSPS) is 12.6. The summed E-state index contributed by atoms with van der Waals surface area (Å²) in [5, 5.41) is 3.63. The second-order valence-electron chi connectivity index (χ2n) is 3.86. The number of H-pyrrole nitrogens is 1. The number of methoxy groups -OCH3 is 1. The molecule has 1 atom stereocenters. The number of nitrogens with one attached hydrogen (secondary N) is 2. The third kappa shape index (κ3) is 2.62. The lowest BCUT2D eigenvalue weighted by molar-refractivity contribution is 0.128. The molecule has 2 rings (SSSR count). The summed E-state index contributed by atoms with van der Waals surface area (Å²) in [6.07, 6.45) is 0.0618. The second kappa shape index (κ2) is 4.97. The number of benzene rings is 1. The molecule has 0 saturated carbocycles. The van der Waals surface area contributed by atoms with Crippen LogP contribution in [0.3, 0.4) is 0 Å². The van der Waals surface area contributed by atoms with Crippen LogP contribution in [0.25, 0.3) is 10.9 Å². The molecule has 0 bridgehead atoms. The third-order valence-electron chi connectivity index (χ3n) is 2.57. The van der Waals surface area contributed by atoms with Crippen molar-refractivity contribution < 1.29 is 4.74 Å². The van der Waals surface area contributed by atoms with Gasteiger partial charge in [0.15, 0.2) is 0 Å². The summed E-state index contributed by atoms with van der Waals surface area (Å²) >= 11 is 0. The fourth-order valence-electron chi connectivity index (χ4n) is 1.49. The number of hydrogen-bond acceptors (Lipinski definition) is 4. The molecule has 17 heavy (non-hydrogen) atoms. The molecule has 5 heteroatoms. The predicted octanol–water partition coefficient (Wildman–Crippen LogP) is 1.37. The van der Waals surface area contributed by atoms with Crippen molar-refractivity contribution in [1.29, 1.82) is 0 Å². The monoisotopic (exact) mass is 233 g/mol. The number of para-hydroxylation sites is 1. The lowest BCUT2D eigenvalue weighted by Gasteiger charge is -2.11. The number of fused-ring (bicyclic) bond motifs is 1. The molecule has 90 valence electrons. The van der Waals surface area contributed by atoms with Gasteiger partial charge in [0.05, 0.1) is 17.0 Å². The maximum absolute atomic E-state index is 11.7. The highest BCUT2D eigenvalue weighted by atomic mass is 16.5. The van der Waals surface area contributed by atoms with E-state index in [9.17, 15) is 4.79 Å². The van der Waals surface area contributed by atoms with Crippen molar-refractivity contribution in [3.8, 4) is 0 Å². The van der Waals surface area contributed by atoms with Gasteiger partial charge in [-0.3, -0.25) is 9.78 Å². The van der Waals surface area contributed by atoms with Gasteiger partial charge in [-0.15, -0.1) is 0 Å². The smallest absolute Gasteiger partial charge is 0.260 e. The van der Waals surface area contributed by atoms with Crippen LogP contribution in [0.2, 0.25) is 0 Å². The fraction of sp³-hybridized carbons (Fsp3) is 0.333. The topological polar surface area (TPSA) is 67.0 Å². The number of nitrogens with zero attached hydrogens (tertiary/aromatic N) is 1. The van der Waals surface area contributed by atoms with Crippen LogP contribution in [0, 0.1) is 0 Å². The van der Waals surface area contributed by atoms with Crippen molar-refractivity contribution in [2.75, 3.05) is 19.0 Å². The fourth-order valence-corrected chi connectivity index (χ4v) is 1.49. The second-order valence-corrected chi connectivity index (χ2v) is 3.86. The van der Waals surface area contributed by atoms with Gasteiger partial charge in [-0.05, 0) is 19.1 Å². The van der Waals surface area contributed by atoms with Crippen molar-refractivity contribution in [1.82, 2.24) is 9.97 Å². The van der Waals surface area contributed by atoms with Crippen LogP contribution in [0.4, 0.5) is 5.95 Å². The molecule has 1 unspecified atom stereocenters. The minimum absolute atomic E-state index is 0.0618. The highest BCUT2D eigenvalue weighted by Gasteiger charge is 2.04. The lowest BCUT2D eigenvalue weighted by Crippen LogP contribution is -2.21. The quantitative estimate of drug-likeness (QED) is 0.837. The van der Waals surface area contributed by atoms with E-state index in [4.69, 9.17) is 4.74 Å². The van der Waals surface area contributed by atoms with Crippen LogP contribution in [0.5, 0.6) is 0 Å². The Labute approximate surface area is 98.8 Å². The maximum Gasteiger partial charge on any atom is 0.260 e. The molecule has 0 radical (unpaired) electrons. The Balaban J connectivity index is 2.28. The van der Waals surface area contributed by atoms with E-state index in [0.29, 0.717) is 23.4 Å². The van der Waals surface area contributed by atoms with Crippen molar-refractivity contribution in [3.05, 3.63) is 34.6 Å². The molecule has 0 saturated heterocycles. The first kappa shape index (κ1) is 11.6. The third-order valence-corrected chi connectivity index (χ3v) is 2.57. The van der Waals surface area contributed by atoms with Gasteiger partial charge in [-0.2, -0.15) is 0 Å². The molecule has 1 aromatic heterocycles. The lowest BCUT2D eigenvalue weighted by atomic mass is 10.2. The number of aromatic nitrogens is 2. The van der Waals surface area contributed by atoms with Gasteiger partial charge in [0.2, 0.25) is 5.95 Å². The standard InChI is InChI=1S/C12H15N3O2/c1-8(17-2)7-13-12-14-10-6-4-3-5-9(10)11(16)15-12/h3-6,8H,7H2,1-2H3,(H2,13,14,15,16). The average Bonchev–Trinajstić information content (AvgIpc) is 2.36. The molecule has 0 aliphatic rings. The Morgan fingerprint density at radius 1 is 1.47 bits per heavy atom. The Morgan fingerprint density at radius 3 is 3.00 bits per heavy atom. The zero-order chi connectivity index (χ0) is 12.3. The van der Waals surface area contributed by atoms with E-state index in [1.54, 1.807) is 13.2 Å². The van der Waals surface area contributed by atoms with Crippen molar-refractivity contribution >= 4 is 16.9 Å². The average molecular weight is 233 g/mol. The molecule has 5 nitrogen and oxygen atoms in total. The molecule has 0 amide bonds. The SMILES string of the molecule is COC(C)CNc1nc2ccccc2c(=O)[nH]1. The van der Waals surface area contributed by atoms with Crippen LogP contribution in [-0.4, -0.2) is 29.7 Å². The van der Waals surface area contributed by atoms with E-state index < -0.39 is 0 Å². The number of anilines is 1. The summed E-state index contributed by atoms with van der Waals surface area (Å²) in [5.41, 5.74) is 0.548. The largest absolute Gasteiger partial charge is 0.380 e. The van der Waals surface area contributed by atoms with Crippen LogP contribution < -0.4 is 10.9 Å². The Kier molecular flexibility index (Phi) is 3.39. The Bertz CT molecular complexity index is 565. The summed E-state index contributed by atoms with van der Waals surface area (Å²) in [7, 11) is 1.64. The molecule has 1 aromatic carbocycles. The first-order valence-electron chi connectivity index (χ1n) is 5.46. The zero-order valence-corrected chi connectivity index (χ0v) is 9.86. The molecule has 1 heterocycles. The number of aromatic amines is 1. The summed E-state index contributed by atoms with van der Waals surface area (Å²) in [6.45, 7) is 2.53. The molecule has 0 aliphatic heterocycles. The van der Waals surface area contributed by atoms with Gasteiger partial charge in [-0.25, -0.2) is 4.98 Å². The Hall–Kier alpha value is -1.88. The first-order valence-corrected chi connectivity index (χ1v) is 5.46. The first-order chi connectivity index (χ1) is 8.20. The van der Waals surface area contributed by atoms with Crippen LogP contribution in [0.15, 0.2) is 29.1 Å². The minimum Gasteiger partial charge on any atom is -0.380 e. The molecule has 2 aromatic rings. The van der Waals surface area contributed by atoms with Crippen molar-refractivity contribution in [2.45, 2.75) is 13.0 Å². The maximum atomic E-state index is 11.7.